The Bertz CT molecular complexity index is 568. The maximum atomic E-state index is 12.7. The van der Waals surface area contributed by atoms with Crippen molar-refractivity contribution in [1.82, 2.24) is 4.90 Å². The second-order valence-corrected chi connectivity index (χ2v) is 5.66. The molecule has 1 aliphatic rings. The zero-order valence-corrected chi connectivity index (χ0v) is 12.9. The van der Waals surface area contributed by atoms with E-state index in [2.05, 4.69) is 18.8 Å². The van der Waals surface area contributed by atoms with E-state index < -0.39 is 0 Å². The molecule has 0 aliphatic carbocycles. The van der Waals surface area contributed by atoms with Crippen LogP contribution in [0.25, 0.3) is 0 Å². The Morgan fingerprint density at radius 3 is 3.00 bits per heavy atom. The van der Waals surface area contributed by atoms with Crippen LogP contribution in [0.4, 0.5) is 0 Å². The van der Waals surface area contributed by atoms with Crippen molar-refractivity contribution in [2.45, 2.75) is 33.1 Å². The summed E-state index contributed by atoms with van der Waals surface area (Å²) in [6.45, 7) is 5.69. The van der Waals surface area contributed by atoms with Crippen molar-refractivity contribution < 1.29 is 9.90 Å². The Morgan fingerprint density at radius 2 is 2.29 bits per heavy atom. The lowest BCUT2D eigenvalue weighted by atomic mass is 9.94. The highest BCUT2D eigenvalue weighted by Gasteiger charge is 2.24. The molecule has 1 atom stereocenters. The van der Waals surface area contributed by atoms with E-state index >= 15 is 0 Å². The van der Waals surface area contributed by atoms with Crippen LogP contribution in [0.1, 0.15) is 47.7 Å². The fourth-order valence-corrected chi connectivity index (χ4v) is 2.82. The molecule has 1 aromatic carbocycles. The van der Waals surface area contributed by atoms with E-state index in [-0.39, 0.29) is 12.5 Å². The first-order valence-corrected chi connectivity index (χ1v) is 7.65. The van der Waals surface area contributed by atoms with Gasteiger partial charge in [0.15, 0.2) is 0 Å². The van der Waals surface area contributed by atoms with E-state index in [0.29, 0.717) is 5.92 Å². The minimum Gasteiger partial charge on any atom is -0.384 e. The highest BCUT2D eigenvalue weighted by molar-refractivity contribution is 5.96. The van der Waals surface area contributed by atoms with Crippen molar-refractivity contribution in [3.63, 3.8) is 0 Å². The van der Waals surface area contributed by atoms with Crippen LogP contribution in [0.3, 0.4) is 0 Å². The number of nitrogens with zero attached hydrogens (tertiary/aromatic N) is 1. The smallest absolute Gasteiger partial charge is 0.254 e. The number of benzene rings is 1. The molecule has 21 heavy (non-hydrogen) atoms. The first kappa shape index (κ1) is 15.6. The third-order valence-corrected chi connectivity index (χ3v) is 4.16. The second kappa shape index (κ2) is 7.28. The fourth-order valence-electron chi connectivity index (χ4n) is 2.82. The first-order valence-electron chi connectivity index (χ1n) is 7.65. The van der Waals surface area contributed by atoms with Crippen LogP contribution in [-0.4, -0.2) is 35.6 Å². The van der Waals surface area contributed by atoms with Gasteiger partial charge in [0.2, 0.25) is 0 Å². The van der Waals surface area contributed by atoms with Crippen LogP contribution in [0.15, 0.2) is 18.2 Å². The van der Waals surface area contributed by atoms with Crippen LogP contribution in [0, 0.1) is 24.7 Å². The number of carbonyl (C=O) groups excluding carboxylic acids is 1. The van der Waals surface area contributed by atoms with Crippen molar-refractivity contribution in [2.75, 3.05) is 19.7 Å². The highest BCUT2D eigenvalue weighted by Crippen LogP contribution is 2.22. The molecule has 1 saturated heterocycles. The predicted octanol–water partition coefficient (Wildman–Crippen LogP) is 2.60. The van der Waals surface area contributed by atoms with Gasteiger partial charge in [-0.1, -0.05) is 31.3 Å². The van der Waals surface area contributed by atoms with Gasteiger partial charge in [-0.05, 0) is 43.4 Å². The van der Waals surface area contributed by atoms with Crippen molar-refractivity contribution in [1.29, 1.82) is 0 Å². The molecule has 0 saturated carbocycles. The number of aliphatic hydroxyl groups is 1. The lowest BCUT2D eigenvalue weighted by molar-refractivity contribution is 0.0670. The number of hydrogen-bond acceptors (Lipinski definition) is 2. The molecule has 0 spiro atoms. The summed E-state index contributed by atoms with van der Waals surface area (Å²) in [7, 11) is 0. The Labute approximate surface area is 127 Å². The SMILES string of the molecule is CCC1CCCN(C(=O)c2cc(C#CCO)ccc2C)C1. The minimum atomic E-state index is -0.165. The maximum Gasteiger partial charge on any atom is 0.254 e. The fraction of sp³-hybridized carbons (Fsp3) is 0.500. The van der Waals surface area contributed by atoms with Gasteiger partial charge in [0, 0.05) is 24.2 Å². The average molecular weight is 285 g/mol. The lowest BCUT2D eigenvalue weighted by Crippen LogP contribution is -2.40. The molecule has 2 rings (SSSR count). The number of amides is 1. The summed E-state index contributed by atoms with van der Waals surface area (Å²) >= 11 is 0. The number of likely N-dealkylation sites (tertiary alicyclic amines) is 1. The van der Waals surface area contributed by atoms with Crippen LogP contribution in [0.5, 0.6) is 0 Å². The molecule has 1 heterocycles. The van der Waals surface area contributed by atoms with Gasteiger partial charge in [-0.3, -0.25) is 4.79 Å². The normalized spacial score (nSPS) is 18.0. The lowest BCUT2D eigenvalue weighted by Gasteiger charge is -2.32. The maximum absolute atomic E-state index is 12.7. The largest absolute Gasteiger partial charge is 0.384 e. The van der Waals surface area contributed by atoms with Gasteiger partial charge in [0.1, 0.15) is 6.61 Å². The molecule has 3 heteroatoms. The first-order chi connectivity index (χ1) is 10.2. The monoisotopic (exact) mass is 285 g/mol. The minimum absolute atomic E-state index is 0.110. The van der Waals surface area contributed by atoms with E-state index in [4.69, 9.17) is 5.11 Å². The van der Waals surface area contributed by atoms with Gasteiger partial charge in [0.05, 0.1) is 0 Å². The Morgan fingerprint density at radius 1 is 1.48 bits per heavy atom. The number of piperidine rings is 1. The molecule has 1 aliphatic heterocycles. The summed E-state index contributed by atoms with van der Waals surface area (Å²) in [6, 6.07) is 5.66. The van der Waals surface area contributed by atoms with Crippen molar-refractivity contribution in [2.24, 2.45) is 5.92 Å². The van der Waals surface area contributed by atoms with Gasteiger partial charge < -0.3 is 10.0 Å². The number of carbonyl (C=O) groups is 1. The van der Waals surface area contributed by atoms with Crippen LogP contribution in [-0.2, 0) is 0 Å². The summed E-state index contributed by atoms with van der Waals surface area (Å²) in [5, 5.41) is 8.77. The van der Waals surface area contributed by atoms with Crippen molar-refractivity contribution in [3.8, 4) is 11.8 Å². The van der Waals surface area contributed by atoms with E-state index in [1.165, 1.54) is 6.42 Å². The zero-order valence-electron chi connectivity index (χ0n) is 12.9. The molecule has 1 N–H and O–H groups in total. The van der Waals surface area contributed by atoms with Gasteiger partial charge >= 0.3 is 0 Å². The topological polar surface area (TPSA) is 40.5 Å². The van der Waals surface area contributed by atoms with Crippen molar-refractivity contribution in [3.05, 3.63) is 34.9 Å². The van der Waals surface area contributed by atoms with Gasteiger partial charge in [0.25, 0.3) is 5.91 Å². The Balaban J connectivity index is 2.21. The summed E-state index contributed by atoms with van der Waals surface area (Å²) < 4.78 is 0. The summed E-state index contributed by atoms with van der Waals surface area (Å²) in [5.41, 5.74) is 2.49. The quantitative estimate of drug-likeness (QED) is 0.849. The molecule has 1 aromatic rings. The van der Waals surface area contributed by atoms with Crippen LogP contribution >= 0.6 is 0 Å². The average Bonchev–Trinajstić information content (AvgIpc) is 2.53. The standard InChI is InChI=1S/C18H23NO2/c1-3-15-6-4-10-19(13-15)18(21)17-12-16(7-5-11-20)9-8-14(17)2/h8-9,12,15,20H,3-4,6,10-11,13H2,1-2H3. The molecule has 0 bridgehead atoms. The molecule has 3 nitrogen and oxygen atoms in total. The van der Waals surface area contributed by atoms with E-state index in [0.717, 1.165) is 42.6 Å². The van der Waals surface area contributed by atoms with Gasteiger partial charge in [-0.15, -0.1) is 0 Å². The third-order valence-electron chi connectivity index (χ3n) is 4.16. The molecule has 0 aromatic heterocycles. The Kier molecular flexibility index (Phi) is 5.41. The third kappa shape index (κ3) is 3.86. The van der Waals surface area contributed by atoms with Gasteiger partial charge in [-0.2, -0.15) is 0 Å². The summed E-state index contributed by atoms with van der Waals surface area (Å²) in [5.74, 6) is 6.23. The number of hydrogen-bond donors (Lipinski definition) is 1. The number of rotatable bonds is 2. The van der Waals surface area contributed by atoms with Crippen molar-refractivity contribution >= 4 is 5.91 Å². The number of aliphatic hydroxyl groups excluding tert-OH is 1. The highest BCUT2D eigenvalue weighted by atomic mass is 16.2. The summed E-state index contributed by atoms with van der Waals surface area (Å²) in [6.07, 6.45) is 3.44. The number of aryl methyl sites for hydroxylation is 1. The predicted molar refractivity (Wildman–Crippen MR) is 84.1 cm³/mol. The molecule has 112 valence electrons. The molecule has 1 fully saturated rings. The van der Waals surface area contributed by atoms with Gasteiger partial charge in [-0.25, -0.2) is 0 Å². The molecule has 1 amide bonds. The molecule has 0 radical (unpaired) electrons. The Hall–Kier alpha value is -1.79. The van der Waals surface area contributed by atoms with Crippen LogP contribution < -0.4 is 0 Å². The zero-order chi connectivity index (χ0) is 15.2. The van der Waals surface area contributed by atoms with E-state index in [9.17, 15) is 4.79 Å². The molecule has 1 unspecified atom stereocenters. The molecular formula is C18H23NO2. The second-order valence-electron chi connectivity index (χ2n) is 5.66. The summed E-state index contributed by atoms with van der Waals surface area (Å²) in [4.78, 5) is 14.7. The van der Waals surface area contributed by atoms with E-state index in [1.807, 2.05) is 30.0 Å². The van der Waals surface area contributed by atoms with Crippen LogP contribution in [0.2, 0.25) is 0 Å². The molecular weight excluding hydrogens is 262 g/mol. The van der Waals surface area contributed by atoms with E-state index in [1.54, 1.807) is 0 Å².